The lowest BCUT2D eigenvalue weighted by atomic mass is 10.2. The minimum absolute atomic E-state index is 0.0724. The Morgan fingerprint density at radius 3 is 2.86 bits per heavy atom. The van der Waals surface area contributed by atoms with E-state index in [1.165, 1.54) is 12.8 Å². The molecule has 0 aromatic carbocycles. The fourth-order valence-corrected chi connectivity index (χ4v) is 2.80. The van der Waals surface area contributed by atoms with E-state index in [9.17, 15) is 4.79 Å². The molecule has 1 aromatic rings. The van der Waals surface area contributed by atoms with Crippen LogP contribution >= 0.6 is 0 Å². The Labute approximate surface area is 131 Å². The average molecular weight is 304 g/mol. The van der Waals surface area contributed by atoms with Crippen LogP contribution in [0.1, 0.15) is 31.6 Å². The van der Waals surface area contributed by atoms with Gasteiger partial charge in [0, 0.05) is 20.1 Å². The molecule has 1 aliphatic heterocycles. The molecule has 1 aliphatic rings. The second-order valence-corrected chi connectivity index (χ2v) is 5.87. The summed E-state index contributed by atoms with van der Waals surface area (Å²) < 4.78 is 5.53. The average Bonchev–Trinajstić information content (AvgIpc) is 3.20. The molecular weight excluding hydrogens is 280 g/mol. The quantitative estimate of drug-likeness (QED) is 0.874. The normalized spacial score (nSPS) is 17.7. The van der Waals surface area contributed by atoms with Crippen molar-refractivity contribution in [2.75, 3.05) is 33.2 Å². The molecule has 2 heterocycles. The maximum Gasteiger partial charge on any atom is 0.317 e. The monoisotopic (exact) mass is 304 g/mol. The lowest BCUT2D eigenvalue weighted by molar-refractivity contribution is 0.186. The molecule has 1 saturated heterocycles. The first-order valence-corrected chi connectivity index (χ1v) is 7.78. The van der Waals surface area contributed by atoms with Crippen LogP contribution in [0.25, 0.3) is 0 Å². The predicted molar refractivity (Wildman–Crippen MR) is 83.1 cm³/mol. The van der Waals surface area contributed by atoms with E-state index in [2.05, 4.69) is 16.3 Å². The summed E-state index contributed by atoms with van der Waals surface area (Å²) in [4.78, 5) is 16.0. The first kappa shape index (κ1) is 16.4. The van der Waals surface area contributed by atoms with E-state index in [0.717, 1.165) is 18.8 Å². The number of furan rings is 1. The van der Waals surface area contributed by atoms with E-state index < -0.39 is 0 Å². The molecule has 0 saturated carbocycles. The van der Waals surface area contributed by atoms with Gasteiger partial charge < -0.3 is 14.6 Å². The second kappa shape index (κ2) is 7.85. The first-order valence-electron chi connectivity index (χ1n) is 7.78. The fourth-order valence-electron chi connectivity index (χ4n) is 2.80. The molecule has 0 bridgehead atoms. The van der Waals surface area contributed by atoms with E-state index in [1.54, 1.807) is 25.1 Å². The second-order valence-electron chi connectivity index (χ2n) is 5.87. The summed E-state index contributed by atoms with van der Waals surface area (Å²) in [7, 11) is 1.71. The standard InChI is InChI=1S/C16H24N4O2/c1-13(10-17)12-19(2)16(21)18-11-14(15-6-5-9-22-15)20-7-3-4-8-20/h5-6,9,13-14H,3-4,7-8,11-12H2,1-2H3,(H,18,21)/t13-,14+/m1/s1. The van der Waals surface area contributed by atoms with Crippen LogP contribution in [0.5, 0.6) is 0 Å². The summed E-state index contributed by atoms with van der Waals surface area (Å²) in [6, 6.07) is 5.89. The van der Waals surface area contributed by atoms with Crippen molar-refractivity contribution in [1.82, 2.24) is 15.1 Å². The van der Waals surface area contributed by atoms with Gasteiger partial charge >= 0.3 is 6.03 Å². The number of hydrogen-bond donors (Lipinski definition) is 1. The number of nitriles is 1. The first-order chi connectivity index (χ1) is 10.6. The molecule has 0 spiro atoms. The van der Waals surface area contributed by atoms with Crippen LogP contribution in [-0.4, -0.2) is 49.1 Å². The molecule has 2 amide bonds. The van der Waals surface area contributed by atoms with Gasteiger partial charge in [0.15, 0.2) is 0 Å². The zero-order valence-corrected chi connectivity index (χ0v) is 13.3. The minimum Gasteiger partial charge on any atom is -0.468 e. The Kier molecular flexibility index (Phi) is 5.84. The molecule has 1 N–H and O–H groups in total. The fraction of sp³-hybridized carbons (Fsp3) is 0.625. The van der Waals surface area contributed by atoms with Crippen molar-refractivity contribution >= 4 is 6.03 Å². The van der Waals surface area contributed by atoms with Crippen LogP contribution in [-0.2, 0) is 0 Å². The molecule has 6 nitrogen and oxygen atoms in total. The van der Waals surface area contributed by atoms with Crippen molar-refractivity contribution in [2.24, 2.45) is 5.92 Å². The van der Waals surface area contributed by atoms with Crippen LogP contribution in [0, 0.1) is 17.2 Å². The summed E-state index contributed by atoms with van der Waals surface area (Å²) in [5.74, 6) is 0.713. The summed E-state index contributed by atoms with van der Waals surface area (Å²) in [6.45, 7) is 4.81. The van der Waals surface area contributed by atoms with Crippen molar-refractivity contribution in [2.45, 2.75) is 25.8 Å². The van der Waals surface area contributed by atoms with E-state index in [4.69, 9.17) is 9.68 Å². The molecular formula is C16H24N4O2. The third-order valence-corrected chi connectivity index (χ3v) is 4.01. The van der Waals surface area contributed by atoms with Gasteiger partial charge in [-0.05, 0) is 45.0 Å². The molecule has 1 fully saturated rings. The van der Waals surface area contributed by atoms with Crippen LogP contribution in [0.15, 0.2) is 22.8 Å². The van der Waals surface area contributed by atoms with Gasteiger partial charge in [0.2, 0.25) is 0 Å². The van der Waals surface area contributed by atoms with Crippen molar-refractivity contribution in [3.05, 3.63) is 24.2 Å². The van der Waals surface area contributed by atoms with Crippen molar-refractivity contribution in [1.29, 1.82) is 5.26 Å². The SMILES string of the molecule is C[C@H](C#N)CN(C)C(=O)NC[C@@H](c1ccco1)N1CCCC1. The topological polar surface area (TPSA) is 72.5 Å². The maximum atomic E-state index is 12.1. The predicted octanol–water partition coefficient (Wildman–Crippen LogP) is 2.22. The highest BCUT2D eigenvalue weighted by molar-refractivity contribution is 5.73. The summed E-state index contributed by atoms with van der Waals surface area (Å²) in [6.07, 6.45) is 4.04. The highest BCUT2D eigenvalue weighted by atomic mass is 16.3. The Balaban J connectivity index is 1.91. The van der Waals surface area contributed by atoms with Gasteiger partial charge in [-0.15, -0.1) is 0 Å². The van der Waals surface area contributed by atoms with Gasteiger partial charge in [0.25, 0.3) is 0 Å². The number of rotatable bonds is 6. The number of hydrogen-bond acceptors (Lipinski definition) is 4. The Bertz CT molecular complexity index is 503. The summed E-state index contributed by atoms with van der Waals surface area (Å²) in [5, 5.41) is 11.8. The Morgan fingerprint density at radius 2 is 2.27 bits per heavy atom. The molecule has 6 heteroatoms. The van der Waals surface area contributed by atoms with Crippen LogP contribution < -0.4 is 5.32 Å². The third kappa shape index (κ3) is 4.25. The Morgan fingerprint density at radius 1 is 1.55 bits per heavy atom. The molecule has 22 heavy (non-hydrogen) atoms. The van der Waals surface area contributed by atoms with Crippen molar-refractivity contribution in [3.8, 4) is 6.07 Å². The number of carbonyl (C=O) groups excluding carboxylic acids is 1. The number of carbonyl (C=O) groups is 1. The van der Waals surface area contributed by atoms with E-state index in [0.29, 0.717) is 13.1 Å². The zero-order valence-electron chi connectivity index (χ0n) is 13.3. The van der Waals surface area contributed by atoms with Gasteiger partial charge in [-0.3, -0.25) is 4.90 Å². The van der Waals surface area contributed by atoms with Gasteiger partial charge in [-0.25, -0.2) is 4.79 Å². The minimum atomic E-state index is -0.171. The maximum absolute atomic E-state index is 12.1. The largest absolute Gasteiger partial charge is 0.468 e. The molecule has 2 rings (SSSR count). The van der Waals surface area contributed by atoms with Crippen molar-refractivity contribution in [3.63, 3.8) is 0 Å². The van der Waals surface area contributed by atoms with Gasteiger partial charge in [-0.1, -0.05) is 0 Å². The molecule has 0 aliphatic carbocycles. The Hall–Kier alpha value is -2.00. The van der Waals surface area contributed by atoms with E-state index in [1.807, 2.05) is 12.1 Å². The van der Waals surface area contributed by atoms with Gasteiger partial charge in [0.1, 0.15) is 5.76 Å². The van der Waals surface area contributed by atoms with Gasteiger partial charge in [-0.2, -0.15) is 5.26 Å². The lowest BCUT2D eigenvalue weighted by Gasteiger charge is -2.27. The zero-order chi connectivity index (χ0) is 15.9. The lowest BCUT2D eigenvalue weighted by Crippen LogP contribution is -2.43. The van der Waals surface area contributed by atoms with Crippen molar-refractivity contribution < 1.29 is 9.21 Å². The molecule has 1 aromatic heterocycles. The molecule has 2 atom stereocenters. The molecule has 0 radical (unpaired) electrons. The molecule has 0 unspecified atom stereocenters. The van der Waals surface area contributed by atoms with E-state index >= 15 is 0 Å². The number of nitrogens with one attached hydrogen (secondary N) is 1. The van der Waals surface area contributed by atoms with Gasteiger partial charge in [0.05, 0.1) is 24.3 Å². The number of likely N-dealkylation sites (tertiary alicyclic amines) is 1. The summed E-state index contributed by atoms with van der Waals surface area (Å²) in [5.41, 5.74) is 0. The highest BCUT2D eigenvalue weighted by Gasteiger charge is 2.26. The summed E-state index contributed by atoms with van der Waals surface area (Å²) >= 11 is 0. The number of nitrogens with zero attached hydrogens (tertiary/aromatic N) is 3. The molecule has 120 valence electrons. The van der Waals surface area contributed by atoms with Crippen LogP contribution in [0.4, 0.5) is 4.79 Å². The number of urea groups is 1. The van der Waals surface area contributed by atoms with E-state index in [-0.39, 0.29) is 18.0 Å². The smallest absolute Gasteiger partial charge is 0.317 e. The van der Waals surface area contributed by atoms with Crippen LogP contribution in [0.3, 0.4) is 0 Å². The van der Waals surface area contributed by atoms with Crippen LogP contribution in [0.2, 0.25) is 0 Å². The third-order valence-electron chi connectivity index (χ3n) is 4.01. The number of amides is 2. The highest BCUT2D eigenvalue weighted by Crippen LogP contribution is 2.24.